The number of nitrogens with one attached hydrogen (secondary N) is 2. The van der Waals surface area contributed by atoms with Gasteiger partial charge in [0.2, 0.25) is 0 Å². The van der Waals surface area contributed by atoms with Crippen molar-refractivity contribution in [3.05, 3.63) is 66.2 Å². The molecule has 3 aromatic carbocycles. The number of esters is 1. The van der Waals surface area contributed by atoms with Gasteiger partial charge >= 0.3 is 5.97 Å². The molecule has 2 N–H and O–H groups in total. The number of aromatic amines is 1. The second kappa shape index (κ2) is 10.2. The summed E-state index contributed by atoms with van der Waals surface area (Å²) in [6.07, 6.45) is -1.04. The Balaban J connectivity index is 1.45. The Bertz CT molecular complexity index is 1340. The van der Waals surface area contributed by atoms with Crippen molar-refractivity contribution < 1.29 is 28.5 Å². The lowest BCUT2D eigenvalue weighted by Crippen LogP contribution is -2.30. The van der Waals surface area contributed by atoms with Crippen molar-refractivity contribution in [2.75, 3.05) is 26.6 Å². The van der Waals surface area contributed by atoms with Gasteiger partial charge in [-0.15, -0.1) is 0 Å². The number of fused-ring (bicyclic) bond motifs is 1. The first-order valence-corrected chi connectivity index (χ1v) is 10.8. The molecule has 9 heteroatoms. The maximum atomic E-state index is 12.7. The molecule has 0 aliphatic carbocycles. The van der Waals surface area contributed by atoms with Gasteiger partial charge in [0.1, 0.15) is 23.1 Å². The summed E-state index contributed by atoms with van der Waals surface area (Å²) in [5, 5.41) is 2.71. The zero-order chi connectivity index (χ0) is 24.9. The van der Waals surface area contributed by atoms with E-state index in [9.17, 15) is 9.59 Å². The second-order valence-corrected chi connectivity index (χ2v) is 7.68. The van der Waals surface area contributed by atoms with E-state index in [-0.39, 0.29) is 0 Å². The van der Waals surface area contributed by atoms with Gasteiger partial charge in [-0.3, -0.25) is 4.79 Å². The minimum atomic E-state index is -1.04. The molecule has 4 rings (SSSR count). The Morgan fingerprint density at radius 2 is 1.51 bits per heavy atom. The number of H-pyrrole nitrogens is 1. The molecular weight excluding hydrogens is 450 g/mol. The van der Waals surface area contributed by atoms with E-state index in [0.29, 0.717) is 39.6 Å². The molecule has 1 aromatic heterocycles. The van der Waals surface area contributed by atoms with E-state index < -0.39 is 18.0 Å². The standard InChI is InChI=1S/C26H25N3O6/c1-15(25(30)27-18-12-20(33-3)14-21(13-18)34-4)35-26(31)17-7-10-22-23(11-17)29-24(28-22)16-5-8-19(32-2)9-6-16/h5-15H,1-4H3,(H,27,30)(H,28,29). The smallest absolute Gasteiger partial charge is 0.338 e. The summed E-state index contributed by atoms with van der Waals surface area (Å²) >= 11 is 0. The molecule has 35 heavy (non-hydrogen) atoms. The monoisotopic (exact) mass is 475 g/mol. The summed E-state index contributed by atoms with van der Waals surface area (Å²) in [5.74, 6) is 1.34. The van der Waals surface area contributed by atoms with Crippen molar-refractivity contribution in [2.24, 2.45) is 0 Å². The predicted octanol–water partition coefficient (Wildman–Crippen LogP) is 4.44. The van der Waals surface area contributed by atoms with Crippen molar-refractivity contribution in [3.63, 3.8) is 0 Å². The van der Waals surface area contributed by atoms with Crippen LogP contribution in [0.15, 0.2) is 60.7 Å². The molecule has 0 radical (unpaired) electrons. The fourth-order valence-corrected chi connectivity index (χ4v) is 3.43. The maximum Gasteiger partial charge on any atom is 0.338 e. The highest BCUT2D eigenvalue weighted by Gasteiger charge is 2.20. The van der Waals surface area contributed by atoms with Crippen molar-refractivity contribution in [2.45, 2.75) is 13.0 Å². The molecule has 0 saturated carbocycles. The van der Waals surface area contributed by atoms with E-state index in [0.717, 1.165) is 11.3 Å². The molecule has 0 aliphatic rings. The highest BCUT2D eigenvalue weighted by Crippen LogP contribution is 2.26. The number of methoxy groups -OCH3 is 3. The molecule has 1 unspecified atom stereocenters. The SMILES string of the molecule is COc1ccc(-c2nc3ccc(C(=O)OC(C)C(=O)Nc4cc(OC)cc(OC)c4)cc3[nH]2)cc1. The molecule has 9 nitrogen and oxygen atoms in total. The number of benzene rings is 3. The van der Waals surface area contributed by atoms with Crippen LogP contribution in [0.4, 0.5) is 5.69 Å². The van der Waals surface area contributed by atoms with Crippen LogP contribution in [0, 0.1) is 0 Å². The Labute approximate surface area is 202 Å². The quantitative estimate of drug-likeness (QED) is 0.362. The number of carbonyl (C=O) groups is 2. The van der Waals surface area contributed by atoms with Crippen molar-refractivity contribution >= 4 is 28.6 Å². The fraction of sp³-hybridized carbons (Fsp3) is 0.192. The molecule has 180 valence electrons. The van der Waals surface area contributed by atoms with Gasteiger partial charge in [-0.25, -0.2) is 9.78 Å². The van der Waals surface area contributed by atoms with Crippen LogP contribution in [-0.4, -0.2) is 49.3 Å². The number of rotatable bonds is 8. The van der Waals surface area contributed by atoms with E-state index >= 15 is 0 Å². The number of hydrogen-bond donors (Lipinski definition) is 2. The van der Waals surface area contributed by atoms with Gasteiger partial charge in [0.15, 0.2) is 6.10 Å². The van der Waals surface area contributed by atoms with Gasteiger partial charge in [0.05, 0.1) is 37.9 Å². The molecule has 1 heterocycles. The van der Waals surface area contributed by atoms with E-state index in [1.807, 2.05) is 24.3 Å². The summed E-state index contributed by atoms with van der Waals surface area (Å²) in [4.78, 5) is 33.1. The lowest BCUT2D eigenvalue weighted by atomic mass is 10.2. The van der Waals surface area contributed by atoms with Crippen molar-refractivity contribution in [1.82, 2.24) is 9.97 Å². The number of hydrogen-bond acceptors (Lipinski definition) is 7. The molecule has 0 bridgehead atoms. The van der Waals surface area contributed by atoms with Crippen LogP contribution in [0.2, 0.25) is 0 Å². The van der Waals surface area contributed by atoms with Crippen LogP contribution in [0.5, 0.6) is 17.2 Å². The number of imidazole rings is 1. The van der Waals surface area contributed by atoms with Gasteiger partial charge in [-0.2, -0.15) is 0 Å². The number of nitrogens with zero attached hydrogens (tertiary/aromatic N) is 1. The third-order valence-corrected chi connectivity index (χ3v) is 5.35. The summed E-state index contributed by atoms with van der Waals surface area (Å²) in [5.41, 5.74) is 3.01. The van der Waals surface area contributed by atoms with Gasteiger partial charge in [0.25, 0.3) is 5.91 Å². The summed E-state index contributed by atoms with van der Waals surface area (Å²) in [7, 11) is 4.64. The zero-order valence-electron chi connectivity index (χ0n) is 19.7. The predicted molar refractivity (Wildman–Crippen MR) is 131 cm³/mol. The third kappa shape index (κ3) is 5.35. The first-order valence-electron chi connectivity index (χ1n) is 10.8. The molecule has 0 spiro atoms. The first-order chi connectivity index (χ1) is 16.9. The summed E-state index contributed by atoms with van der Waals surface area (Å²) < 4.78 is 21.0. The molecule has 0 saturated heterocycles. The molecule has 0 aliphatic heterocycles. The average molecular weight is 476 g/mol. The van der Waals surface area contributed by atoms with Gasteiger partial charge < -0.3 is 29.2 Å². The topological polar surface area (TPSA) is 112 Å². The molecule has 1 amide bonds. The van der Waals surface area contributed by atoms with Crippen molar-refractivity contribution in [1.29, 1.82) is 0 Å². The minimum Gasteiger partial charge on any atom is -0.497 e. The molecule has 0 fully saturated rings. The van der Waals surface area contributed by atoms with Gasteiger partial charge in [0, 0.05) is 29.4 Å². The Morgan fingerprint density at radius 1 is 0.857 bits per heavy atom. The average Bonchev–Trinajstić information content (AvgIpc) is 3.31. The number of amides is 1. The Kier molecular flexibility index (Phi) is 6.86. The highest BCUT2D eigenvalue weighted by atomic mass is 16.5. The molecule has 4 aromatic rings. The second-order valence-electron chi connectivity index (χ2n) is 7.68. The largest absolute Gasteiger partial charge is 0.497 e. The van der Waals surface area contributed by atoms with Crippen LogP contribution in [-0.2, 0) is 9.53 Å². The summed E-state index contributed by atoms with van der Waals surface area (Å²) in [6, 6.07) is 17.4. The van der Waals surface area contributed by atoms with Crippen LogP contribution >= 0.6 is 0 Å². The number of ether oxygens (including phenoxy) is 4. The Hall–Kier alpha value is -4.53. The van der Waals surface area contributed by atoms with E-state index in [1.54, 1.807) is 43.5 Å². The minimum absolute atomic E-state index is 0.296. The number of carbonyl (C=O) groups excluding carboxylic acids is 2. The van der Waals surface area contributed by atoms with Crippen LogP contribution < -0.4 is 19.5 Å². The Morgan fingerprint density at radius 3 is 2.14 bits per heavy atom. The van der Waals surface area contributed by atoms with E-state index in [2.05, 4.69) is 15.3 Å². The highest BCUT2D eigenvalue weighted by molar-refractivity contribution is 5.99. The zero-order valence-corrected chi connectivity index (χ0v) is 19.7. The normalized spacial score (nSPS) is 11.5. The summed E-state index contributed by atoms with van der Waals surface area (Å²) in [6.45, 7) is 1.50. The van der Waals surface area contributed by atoms with Gasteiger partial charge in [-0.05, 0) is 49.4 Å². The van der Waals surface area contributed by atoms with Crippen LogP contribution in [0.1, 0.15) is 17.3 Å². The number of anilines is 1. The first kappa shape index (κ1) is 23.6. The van der Waals surface area contributed by atoms with E-state index in [1.165, 1.54) is 21.1 Å². The van der Waals surface area contributed by atoms with E-state index in [4.69, 9.17) is 18.9 Å². The molecular formula is C26H25N3O6. The number of aromatic nitrogens is 2. The fourth-order valence-electron chi connectivity index (χ4n) is 3.43. The van der Waals surface area contributed by atoms with Crippen molar-refractivity contribution in [3.8, 4) is 28.6 Å². The molecule has 1 atom stereocenters. The lowest BCUT2D eigenvalue weighted by Gasteiger charge is -2.15. The lowest BCUT2D eigenvalue weighted by molar-refractivity contribution is -0.123. The van der Waals surface area contributed by atoms with Crippen LogP contribution in [0.3, 0.4) is 0 Å². The van der Waals surface area contributed by atoms with Gasteiger partial charge in [-0.1, -0.05) is 0 Å². The van der Waals surface area contributed by atoms with Crippen LogP contribution in [0.25, 0.3) is 22.4 Å². The maximum absolute atomic E-state index is 12.7. The third-order valence-electron chi connectivity index (χ3n) is 5.35.